The molecule has 3 rings (SSSR count). The Hall–Kier alpha value is -2.84. The number of carbonyl (C=O) groups is 1. The molecule has 1 saturated heterocycles. The second kappa shape index (κ2) is 7.42. The van der Waals surface area contributed by atoms with E-state index in [0.29, 0.717) is 18.4 Å². The van der Waals surface area contributed by atoms with Gasteiger partial charge in [0.2, 0.25) is 0 Å². The molecule has 8 heteroatoms. The SMILES string of the molecule is NC(=O)c1cccc(C=Nc2ccc(C3(O)CCCNC3)c(F)c2F)c1N. The Bertz CT molecular complexity index is 909. The zero-order valence-corrected chi connectivity index (χ0v) is 14.5. The maximum absolute atomic E-state index is 14.5. The van der Waals surface area contributed by atoms with Crippen molar-refractivity contribution in [1.29, 1.82) is 0 Å². The van der Waals surface area contributed by atoms with Crippen molar-refractivity contribution >= 4 is 23.5 Å². The first-order valence-corrected chi connectivity index (χ1v) is 8.47. The molecule has 1 fully saturated rings. The molecule has 27 heavy (non-hydrogen) atoms. The molecule has 0 aromatic heterocycles. The van der Waals surface area contributed by atoms with Gasteiger partial charge in [-0.25, -0.2) is 8.78 Å². The number of β-amino-alcohol motifs (C(OH)–C–C–N with tert-alkyl or cyclic N) is 1. The molecule has 2 aromatic carbocycles. The van der Waals surface area contributed by atoms with E-state index in [2.05, 4.69) is 10.3 Å². The number of halogens is 2. The van der Waals surface area contributed by atoms with Gasteiger partial charge in [-0.1, -0.05) is 18.2 Å². The lowest BCUT2D eigenvalue weighted by molar-refractivity contribution is 0.00854. The molecule has 1 amide bonds. The number of anilines is 1. The lowest BCUT2D eigenvalue weighted by atomic mass is 9.86. The van der Waals surface area contributed by atoms with Crippen molar-refractivity contribution in [1.82, 2.24) is 5.32 Å². The number of aliphatic hydroxyl groups is 1. The monoisotopic (exact) mass is 374 g/mol. The van der Waals surface area contributed by atoms with Crippen LogP contribution >= 0.6 is 0 Å². The third-order valence-corrected chi connectivity index (χ3v) is 4.67. The molecule has 1 unspecified atom stereocenters. The molecular weight excluding hydrogens is 354 g/mol. The number of hydrogen-bond acceptors (Lipinski definition) is 5. The van der Waals surface area contributed by atoms with Crippen LogP contribution in [0.25, 0.3) is 0 Å². The molecule has 1 heterocycles. The number of para-hydroxylation sites is 1. The van der Waals surface area contributed by atoms with Crippen molar-refractivity contribution in [2.24, 2.45) is 10.7 Å². The van der Waals surface area contributed by atoms with Gasteiger partial charge < -0.3 is 21.9 Å². The Morgan fingerprint density at radius 3 is 2.70 bits per heavy atom. The summed E-state index contributed by atoms with van der Waals surface area (Å²) in [5.74, 6) is -2.99. The average Bonchev–Trinajstić information content (AvgIpc) is 2.64. The minimum Gasteiger partial charge on any atom is -0.398 e. The first kappa shape index (κ1) is 18.9. The van der Waals surface area contributed by atoms with E-state index < -0.39 is 23.1 Å². The highest BCUT2D eigenvalue weighted by Gasteiger charge is 2.35. The van der Waals surface area contributed by atoms with Crippen LogP contribution in [0.2, 0.25) is 0 Å². The summed E-state index contributed by atoms with van der Waals surface area (Å²) in [5.41, 5.74) is 9.87. The number of nitrogens with one attached hydrogen (secondary N) is 1. The predicted octanol–water partition coefficient (Wildman–Crippen LogP) is 1.97. The molecule has 0 spiro atoms. The standard InChI is InChI=1S/C19H20F2N4O2/c20-15-13(19(27)7-2-8-24-10-19)5-6-14(16(15)21)25-9-11-3-1-4-12(17(11)22)18(23)26/h1,3-6,9,24,27H,2,7-8,10,22H2,(H2,23,26). The van der Waals surface area contributed by atoms with Crippen molar-refractivity contribution in [3.05, 3.63) is 58.7 Å². The van der Waals surface area contributed by atoms with Gasteiger partial charge in [0.15, 0.2) is 11.6 Å². The number of nitrogens with zero attached hydrogens (tertiary/aromatic N) is 1. The number of primary amides is 1. The van der Waals surface area contributed by atoms with Crippen molar-refractivity contribution in [3.8, 4) is 0 Å². The Balaban J connectivity index is 1.93. The molecule has 6 N–H and O–H groups in total. The molecule has 0 radical (unpaired) electrons. The number of rotatable bonds is 4. The van der Waals surface area contributed by atoms with E-state index in [-0.39, 0.29) is 29.0 Å². The number of aliphatic imine (C=N–C) groups is 1. The fraction of sp³-hybridized carbons (Fsp3) is 0.263. The summed E-state index contributed by atoms with van der Waals surface area (Å²) in [5, 5.41) is 13.6. The number of amides is 1. The van der Waals surface area contributed by atoms with E-state index in [1.54, 1.807) is 12.1 Å². The summed E-state index contributed by atoms with van der Waals surface area (Å²) in [6.07, 6.45) is 2.23. The molecule has 0 aliphatic carbocycles. The molecule has 2 aromatic rings. The van der Waals surface area contributed by atoms with Crippen molar-refractivity contribution in [3.63, 3.8) is 0 Å². The van der Waals surface area contributed by atoms with E-state index in [1.165, 1.54) is 24.4 Å². The van der Waals surface area contributed by atoms with E-state index in [4.69, 9.17) is 11.5 Å². The zero-order chi connectivity index (χ0) is 19.6. The van der Waals surface area contributed by atoms with Crippen molar-refractivity contribution in [2.45, 2.75) is 18.4 Å². The van der Waals surface area contributed by atoms with E-state index in [0.717, 1.165) is 6.54 Å². The number of hydrogen-bond donors (Lipinski definition) is 4. The number of carbonyl (C=O) groups excluding carboxylic acids is 1. The van der Waals surface area contributed by atoms with E-state index in [9.17, 15) is 18.7 Å². The molecule has 142 valence electrons. The van der Waals surface area contributed by atoms with Gasteiger partial charge in [-0.15, -0.1) is 0 Å². The van der Waals surface area contributed by atoms with Crippen LogP contribution in [-0.4, -0.2) is 30.3 Å². The topological polar surface area (TPSA) is 114 Å². The van der Waals surface area contributed by atoms with Crippen LogP contribution in [-0.2, 0) is 5.60 Å². The van der Waals surface area contributed by atoms with Gasteiger partial charge in [0, 0.05) is 23.9 Å². The minimum absolute atomic E-state index is 0.0959. The molecule has 0 bridgehead atoms. The quantitative estimate of drug-likeness (QED) is 0.484. The molecule has 1 aliphatic heterocycles. The Labute approximate surface area is 154 Å². The highest BCUT2D eigenvalue weighted by molar-refractivity contribution is 6.02. The van der Waals surface area contributed by atoms with Crippen molar-refractivity contribution < 1.29 is 18.7 Å². The number of nitrogen functional groups attached to an aromatic ring is 1. The van der Waals surface area contributed by atoms with Gasteiger partial charge in [0.1, 0.15) is 11.3 Å². The fourth-order valence-electron chi connectivity index (χ4n) is 3.17. The summed E-state index contributed by atoms with van der Waals surface area (Å²) in [6, 6.07) is 7.23. The van der Waals surface area contributed by atoms with E-state index in [1.807, 2.05) is 0 Å². The molecular formula is C19H20F2N4O2. The summed E-state index contributed by atoms with van der Waals surface area (Å²) < 4.78 is 29.0. The number of piperidine rings is 1. The summed E-state index contributed by atoms with van der Waals surface area (Å²) >= 11 is 0. The van der Waals surface area contributed by atoms with E-state index >= 15 is 0 Å². The lowest BCUT2D eigenvalue weighted by Gasteiger charge is -2.33. The smallest absolute Gasteiger partial charge is 0.250 e. The highest BCUT2D eigenvalue weighted by Crippen LogP contribution is 2.34. The number of benzene rings is 2. The largest absolute Gasteiger partial charge is 0.398 e. The van der Waals surface area contributed by atoms with Crippen LogP contribution in [0.3, 0.4) is 0 Å². The number of nitrogens with two attached hydrogens (primary N) is 2. The van der Waals surface area contributed by atoms with Gasteiger partial charge in [-0.2, -0.15) is 0 Å². The average molecular weight is 374 g/mol. The van der Waals surface area contributed by atoms with Crippen LogP contribution in [0.1, 0.15) is 34.3 Å². The minimum atomic E-state index is -1.45. The molecule has 1 atom stereocenters. The maximum atomic E-state index is 14.5. The van der Waals surface area contributed by atoms with Gasteiger partial charge >= 0.3 is 0 Å². The summed E-state index contributed by atoms with van der Waals surface area (Å²) in [7, 11) is 0. The second-order valence-corrected chi connectivity index (χ2v) is 6.50. The highest BCUT2D eigenvalue weighted by atomic mass is 19.2. The van der Waals surface area contributed by atoms with Crippen LogP contribution < -0.4 is 16.8 Å². The third-order valence-electron chi connectivity index (χ3n) is 4.67. The van der Waals surface area contributed by atoms with Crippen LogP contribution in [0.4, 0.5) is 20.2 Å². The first-order valence-electron chi connectivity index (χ1n) is 8.47. The second-order valence-electron chi connectivity index (χ2n) is 6.50. The lowest BCUT2D eigenvalue weighted by Crippen LogP contribution is -2.43. The maximum Gasteiger partial charge on any atom is 0.250 e. The van der Waals surface area contributed by atoms with Gasteiger partial charge in [0.25, 0.3) is 5.91 Å². The predicted molar refractivity (Wildman–Crippen MR) is 99.0 cm³/mol. The van der Waals surface area contributed by atoms with Crippen LogP contribution in [0, 0.1) is 11.6 Å². The Morgan fingerprint density at radius 1 is 1.26 bits per heavy atom. The van der Waals surface area contributed by atoms with Gasteiger partial charge in [-0.3, -0.25) is 9.79 Å². The third kappa shape index (κ3) is 3.67. The van der Waals surface area contributed by atoms with Crippen LogP contribution in [0.15, 0.2) is 35.3 Å². The van der Waals surface area contributed by atoms with Crippen LogP contribution in [0.5, 0.6) is 0 Å². The summed E-state index contributed by atoms with van der Waals surface area (Å²) in [6.45, 7) is 0.878. The Kier molecular flexibility index (Phi) is 5.20. The first-order chi connectivity index (χ1) is 12.8. The molecule has 1 aliphatic rings. The molecule has 0 saturated carbocycles. The van der Waals surface area contributed by atoms with Crippen molar-refractivity contribution in [2.75, 3.05) is 18.8 Å². The van der Waals surface area contributed by atoms with Gasteiger partial charge in [-0.05, 0) is 31.5 Å². The Morgan fingerprint density at radius 2 is 2.04 bits per heavy atom. The normalized spacial score (nSPS) is 20.1. The summed E-state index contributed by atoms with van der Waals surface area (Å²) in [4.78, 5) is 15.3. The zero-order valence-electron chi connectivity index (χ0n) is 14.5. The molecule has 6 nitrogen and oxygen atoms in total. The fourth-order valence-corrected chi connectivity index (χ4v) is 3.17. The van der Waals surface area contributed by atoms with Gasteiger partial charge in [0.05, 0.1) is 11.3 Å².